The molecule has 0 saturated heterocycles. The van der Waals surface area contributed by atoms with Crippen LogP contribution in [-0.4, -0.2) is 5.78 Å². The fourth-order valence-electron chi connectivity index (χ4n) is 1.69. The molecule has 0 fully saturated rings. The Morgan fingerprint density at radius 3 is 2.47 bits per heavy atom. The second-order valence-corrected chi connectivity index (χ2v) is 6.29. The third kappa shape index (κ3) is 3.02. The Morgan fingerprint density at radius 1 is 1.11 bits per heavy atom. The Hall–Kier alpha value is -0.840. The van der Waals surface area contributed by atoms with Gasteiger partial charge in [-0.25, -0.2) is 0 Å². The third-order valence-corrected chi connectivity index (χ3v) is 4.50. The minimum Gasteiger partial charge on any atom is -0.398 e. The van der Waals surface area contributed by atoms with Crippen LogP contribution < -0.4 is 5.73 Å². The molecule has 0 aliphatic heterocycles. The summed E-state index contributed by atoms with van der Waals surface area (Å²) in [6.07, 6.45) is 0. The topological polar surface area (TPSA) is 43.1 Å². The van der Waals surface area contributed by atoms with Crippen molar-refractivity contribution in [1.29, 1.82) is 0 Å². The maximum Gasteiger partial charge on any atom is 0.196 e. The van der Waals surface area contributed by atoms with Gasteiger partial charge in [0.2, 0.25) is 0 Å². The molecule has 0 radical (unpaired) electrons. The second kappa shape index (κ2) is 5.65. The fraction of sp³-hybridized carbons (Fsp3) is 0.0714. The first-order chi connectivity index (χ1) is 8.90. The van der Waals surface area contributed by atoms with Crippen molar-refractivity contribution in [3.8, 4) is 0 Å². The molecule has 0 heterocycles. The molecular weight excluding hydrogens is 393 g/mol. The summed E-state index contributed by atoms with van der Waals surface area (Å²) in [5.74, 6) is -0.160. The number of hydrogen-bond donors (Lipinski definition) is 1. The first kappa shape index (κ1) is 14.6. The summed E-state index contributed by atoms with van der Waals surface area (Å²) < 4.78 is 1.61. The molecule has 5 heteroatoms. The van der Waals surface area contributed by atoms with Crippen molar-refractivity contribution in [3.63, 3.8) is 0 Å². The molecule has 0 aromatic heterocycles. The van der Waals surface area contributed by atoms with Crippen LogP contribution in [-0.2, 0) is 0 Å². The van der Waals surface area contributed by atoms with Crippen molar-refractivity contribution in [1.82, 2.24) is 0 Å². The monoisotopic (exact) mass is 401 g/mol. The zero-order valence-corrected chi connectivity index (χ0v) is 13.9. The molecule has 2 rings (SSSR count). The minimum atomic E-state index is -0.160. The second-order valence-electron chi connectivity index (χ2n) is 4.14. The van der Waals surface area contributed by atoms with E-state index in [-0.39, 0.29) is 5.78 Å². The summed E-state index contributed by atoms with van der Waals surface area (Å²) in [6.45, 7) is 1.96. The number of halogens is 3. The van der Waals surface area contributed by atoms with Crippen LogP contribution >= 0.6 is 43.5 Å². The summed E-state index contributed by atoms with van der Waals surface area (Å²) in [5.41, 5.74) is 8.25. The molecule has 0 spiro atoms. The Labute approximate surface area is 133 Å². The van der Waals surface area contributed by atoms with Gasteiger partial charge in [-0.3, -0.25) is 4.79 Å². The summed E-state index contributed by atoms with van der Waals surface area (Å²) in [4.78, 5) is 12.5. The number of carbonyl (C=O) groups excluding carboxylic acids is 1. The lowest BCUT2D eigenvalue weighted by atomic mass is 10.0. The smallest absolute Gasteiger partial charge is 0.196 e. The SMILES string of the molecule is Cc1cc(Br)c(C(=O)c2cc(Cl)ccc2N)cc1Br. The molecule has 0 saturated carbocycles. The van der Waals surface area contributed by atoms with Gasteiger partial charge in [-0.2, -0.15) is 0 Å². The van der Waals surface area contributed by atoms with Crippen molar-refractivity contribution in [3.05, 3.63) is 61.0 Å². The van der Waals surface area contributed by atoms with E-state index in [0.29, 0.717) is 21.8 Å². The Balaban J connectivity index is 2.56. The maximum atomic E-state index is 12.5. The zero-order chi connectivity index (χ0) is 14.2. The third-order valence-electron chi connectivity index (χ3n) is 2.75. The largest absolute Gasteiger partial charge is 0.398 e. The lowest BCUT2D eigenvalue weighted by molar-refractivity contribution is 0.103. The summed E-state index contributed by atoms with van der Waals surface area (Å²) in [6, 6.07) is 8.54. The summed E-state index contributed by atoms with van der Waals surface area (Å²) >= 11 is 12.7. The van der Waals surface area contributed by atoms with Gasteiger partial charge in [0.05, 0.1) is 0 Å². The van der Waals surface area contributed by atoms with Crippen LogP contribution in [0.2, 0.25) is 5.02 Å². The van der Waals surface area contributed by atoms with E-state index in [1.807, 2.05) is 13.0 Å². The lowest BCUT2D eigenvalue weighted by Gasteiger charge is -2.09. The highest BCUT2D eigenvalue weighted by molar-refractivity contribution is 9.11. The first-order valence-electron chi connectivity index (χ1n) is 5.45. The highest BCUT2D eigenvalue weighted by Gasteiger charge is 2.17. The molecule has 2 N–H and O–H groups in total. The summed E-state index contributed by atoms with van der Waals surface area (Å²) in [7, 11) is 0. The average Bonchev–Trinajstić information content (AvgIpc) is 2.36. The Bertz CT molecular complexity index is 671. The Kier molecular flexibility index (Phi) is 4.33. The number of benzene rings is 2. The molecule has 2 nitrogen and oxygen atoms in total. The van der Waals surface area contributed by atoms with Crippen LogP contribution in [0.15, 0.2) is 39.3 Å². The van der Waals surface area contributed by atoms with Crippen LogP contribution in [0, 0.1) is 6.92 Å². The van der Waals surface area contributed by atoms with Gasteiger partial charge < -0.3 is 5.73 Å². The van der Waals surface area contributed by atoms with E-state index in [1.165, 1.54) is 0 Å². The normalized spacial score (nSPS) is 10.5. The van der Waals surface area contributed by atoms with Crippen LogP contribution in [0.4, 0.5) is 5.69 Å². The highest BCUT2D eigenvalue weighted by atomic mass is 79.9. The quantitative estimate of drug-likeness (QED) is 0.567. The predicted molar refractivity (Wildman–Crippen MR) is 85.9 cm³/mol. The van der Waals surface area contributed by atoms with Gasteiger partial charge in [0.15, 0.2) is 5.78 Å². The first-order valence-corrected chi connectivity index (χ1v) is 7.42. The van der Waals surface area contributed by atoms with Gasteiger partial charge in [0.25, 0.3) is 0 Å². The molecule has 19 heavy (non-hydrogen) atoms. The van der Waals surface area contributed by atoms with Gasteiger partial charge in [0, 0.05) is 30.8 Å². The van der Waals surface area contributed by atoms with Crippen molar-refractivity contribution in [2.45, 2.75) is 6.92 Å². The standard InChI is InChI=1S/C14H10Br2ClNO/c1-7-4-12(16)9(6-11(7)15)14(19)10-5-8(17)2-3-13(10)18/h2-6H,18H2,1H3. The van der Waals surface area contributed by atoms with Crippen LogP contribution in [0.25, 0.3) is 0 Å². The fourth-order valence-corrected chi connectivity index (χ4v) is 2.84. The summed E-state index contributed by atoms with van der Waals surface area (Å²) in [5, 5.41) is 0.486. The van der Waals surface area contributed by atoms with Gasteiger partial charge in [-0.15, -0.1) is 0 Å². The lowest BCUT2D eigenvalue weighted by Crippen LogP contribution is -2.06. The number of nitrogen functional groups attached to an aromatic ring is 1. The number of aryl methyl sites for hydroxylation is 1. The van der Waals surface area contributed by atoms with Crippen molar-refractivity contribution >= 4 is 54.9 Å². The van der Waals surface area contributed by atoms with E-state index in [2.05, 4.69) is 31.9 Å². The molecular formula is C14H10Br2ClNO. The van der Waals surface area contributed by atoms with Gasteiger partial charge in [-0.1, -0.05) is 43.5 Å². The van der Waals surface area contributed by atoms with Crippen molar-refractivity contribution in [2.24, 2.45) is 0 Å². The van der Waals surface area contributed by atoms with Crippen LogP contribution in [0.5, 0.6) is 0 Å². The molecule has 0 unspecified atom stereocenters. The van der Waals surface area contributed by atoms with E-state index >= 15 is 0 Å². The van der Waals surface area contributed by atoms with Gasteiger partial charge in [0.1, 0.15) is 0 Å². The van der Waals surface area contributed by atoms with Crippen molar-refractivity contribution in [2.75, 3.05) is 5.73 Å². The van der Waals surface area contributed by atoms with E-state index in [9.17, 15) is 4.79 Å². The molecule has 0 amide bonds. The molecule has 0 aliphatic rings. The number of rotatable bonds is 2. The molecule has 2 aromatic carbocycles. The minimum absolute atomic E-state index is 0.160. The molecule has 0 aliphatic carbocycles. The number of carbonyl (C=O) groups is 1. The Morgan fingerprint density at radius 2 is 1.79 bits per heavy atom. The van der Waals surface area contributed by atoms with E-state index in [1.54, 1.807) is 24.3 Å². The highest BCUT2D eigenvalue weighted by Crippen LogP contribution is 2.29. The predicted octanol–water partition coefficient (Wildman–Crippen LogP) is 4.99. The van der Waals surface area contributed by atoms with Crippen LogP contribution in [0.1, 0.15) is 21.5 Å². The number of ketones is 1. The van der Waals surface area contributed by atoms with Gasteiger partial charge in [-0.05, 0) is 42.8 Å². The van der Waals surface area contributed by atoms with E-state index in [4.69, 9.17) is 17.3 Å². The van der Waals surface area contributed by atoms with E-state index in [0.717, 1.165) is 14.5 Å². The number of anilines is 1. The van der Waals surface area contributed by atoms with E-state index < -0.39 is 0 Å². The maximum absolute atomic E-state index is 12.5. The number of hydrogen-bond acceptors (Lipinski definition) is 2. The molecule has 0 bridgehead atoms. The van der Waals surface area contributed by atoms with Crippen LogP contribution in [0.3, 0.4) is 0 Å². The average molecular weight is 404 g/mol. The molecule has 2 aromatic rings. The molecule has 98 valence electrons. The van der Waals surface area contributed by atoms with Gasteiger partial charge >= 0.3 is 0 Å². The van der Waals surface area contributed by atoms with Crippen molar-refractivity contribution < 1.29 is 4.79 Å². The molecule has 0 atom stereocenters. The zero-order valence-electron chi connectivity index (χ0n) is 10.0. The number of nitrogens with two attached hydrogens (primary N) is 1.